The van der Waals surface area contributed by atoms with E-state index in [1.165, 1.54) is 17.7 Å². The summed E-state index contributed by atoms with van der Waals surface area (Å²) < 4.78 is 5.96. The Kier molecular flexibility index (Phi) is 4.10. The van der Waals surface area contributed by atoms with Crippen molar-refractivity contribution in [1.29, 1.82) is 0 Å². The van der Waals surface area contributed by atoms with Crippen molar-refractivity contribution >= 4 is 34.7 Å². The van der Waals surface area contributed by atoms with Gasteiger partial charge in [0.1, 0.15) is 0 Å². The molecule has 78 valence electrons. The highest BCUT2D eigenvalue weighted by Gasteiger charge is 2.14. The Morgan fingerprint density at radius 1 is 1.57 bits per heavy atom. The molecule has 5 heteroatoms. The van der Waals surface area contributed by atoms with Gasteiger partial charge in [0.15, 0.2) is 4.47 Å². The Morgan fingerprint density at radius 2 is 2.36 bits per heavy atom. The maximum absolute atomic E-state index is 5.76. The third kappa shape index (κ3) is 3.12. The predicted octanol–water partition coefficient (Wildman–Crippen LogP) is 3.21. The monoisotopic (exact) mass is 249 g/mol. The van der Waals surface area contributed by atoms with Crippen molar-refractivity contribution in [3.8, 4) is 0 Å². The van der Waals surface area contributed by atoms with Crippen molar-refractivity contribution < 1.29 is 4.74 Å². The van der Waals surface area contributed by atoms with Crippen LogP contribution in [0.1, 0.15) is 17.7 Å². The van der Waals surface area contributed by atoms with Gasteiger partial charge in [-0.3, -0.25) is 0 Å². The molecule has 0 unspecified atom stereocenters. The molecule has 2 rings (SSSR count). The first-order valence-electron chi connectivity index (χ1n) is 4.64. The van der Waals surface area contributed by atoms with Crippen LogP contribution in [0.25, 0.3) is 0 Å². The van der Waals surface area contributed by atoms with Crippen molar-refractivity contribution in [2.75, 3.05) is 13.2 Å². The van der Waals surface area contributed by atoms with Crippen LogP contribution in [0.2, 0.25) is 4.47 Å². The van der Waals surface area contributed by atoms with Crippen LogP contribution in [0.5, 0.6) is 0 Å². The number of nitrogens with zero attached hydrogens (tertiary/aromatic N) is 1. The zero-order valence-corrected chi connectivity index (χ0v) is 10.1. The van der Waals surface area contributed by atoms with Gasteiger partial charge >= 0.3 is 0 Å². The first kappa shape index (κ1) is 10.7. The third-order valence-electron chi connectivity index (χ3n) is 2.15. The standard InChI is InChI=1S/C9H12ClNOS2/c10-9-11-5-8(14-9)6-13-7-1-3-12-4-2-7/h5,7H,1-4,6H2. The van der Waals surface area contributed by atoms with Crippen LogP contribution in [-0.2, 0) is 10.5 Å². The lowest BCUT2D eigenvalue weighted by Crippen LogP contribution is -2.17. The number of halogens is 1. The summed E-state index contributed by atoms with van der Waals surface area (Å²) in [6.07, 6.45) is 4.23. The Morgan fingerprint density at radius 3 is 3.00 bits per heavy atom. The van der Waals surface area contributed by atoms with Gasteiger partial charge in [0.05, 0.1) is 0 Å². The van der Waals surface area contributed by atoms with Crippen LogP contribution in [0.15, 0.2) is 6.20 Å². The topological polar surface area (TPSA) is 22.1 Å². The number of ether oxygens (including phenoxy) is 1. The van der Waals surface area contributed by atoms with Crippen molar-refractivity contribution in [3.63, 3.8) is 0 Å². The van der Waals surface area contributed by atoms with E-state index >= 15 is 0 Å². The molecule has 0 bridgehead atoms. The van der Waals surface area contributed by atoms with Gasteiger partial charge in [-0.05, 0) is 12.8 Å². The first-order valence-corrected chi connectivity index (χ1v) is 6.88. The molecular weight excluding hydrogens is 238 g/mol. The molecule has 2 nitrogen and oxygen atoms in total. The molecule has 1 fully saturated rings. The molecule has 1 aromatic heterocycles. The van der Waals surface area contributed by atoms with E-state index in [0.29, 0.717) is 4.47 Å². The maximum atomic E-state index is 5.76. The summed E-state index contributed by atoms with van der Waals surface area (Å²) in [6, 6.07) is 0. The molecule has 0 aliphatic carbocycles. The lowest BCUT2D eigenvalue weighted by atomic mass is 10.2. The molecule has 0 atom stereocenters. The van der Waals surface area contributed by atoms with Crippen LogP contribution >= 0.6 is 34.7 Å². The fraction of sp³-hybridized carbons (Fsp3) is 0.667. The molecule has 1 aliphatic heterocycles. The Labute approximate surface area is 97.0 Å². The van der Waals surface area contributed by atoms with Gasteiger partial charge in [-0.25, -0.2) is 4.98 Å². The number of thioether (sulfide) groups is 1. The molecule has 0 N–H and O–H groups in total. The van der Waals surface area contributed by atoms with Crippen molar-refractivity contribution in [3.05, 3.63) is 15.5 Å². The van der Waals surface area contributed by atoms with Gasteiger partial charge in [-0.15, -0.1) is 11.3 Å². The smallest absolute Gasteiger partial charge is 0.183 e. The number of aromatic nitrogens is 1. The molecule has 0 amide bonds. The first-order chi connectivity index (χ1) is 6.84. The summed E-state index contributed by atoms with van der Waals surface area (Å²) in [5.41, 5.74) is 0. The summed E-state index contributed by atoms with van der Waals surface area (Å²) in [5.74, 6) is 1.04. The fourth-order valence-electron chi connectivity index (χ4n) is 1.39. The molecule has 0 aromatic carbocycles. The average Bonchev–Trinajstić information content (AvgIpc) is 2.63. The van der Waals surface area contributed by atoms with Gasteiger partial charge in [-0.2, -0.15) is 11.8 Å². The highest BCUT2D eigenvalue weighted by Crippen LogP contribution is 2.28. The third-order valence-corrected chi connectivity index (χ3v) is 4.87. The van der Waals surface area contributed by atoms with Crippen molar-refractivity contribution in [1.82, 2.24) is 4.98 Å². The molecular formula is C9H12ClNOS2. The Balaban J connectivity index is 1.76. The van der Waals surface area contributed by atoms with Crippen LogP contribution in [0, 0.1) is 0 Å². The highest BCUT2D eigenvalue weighted by atomic mass is 35.5. The van der Waals surface area contributed by atoms with E-state index in [4.69, 9.17) is 16.3 Å². The van der Waals surface area contributed by atoms with Gasteiger partial charge < -0.3 is 4.74 Å². The molecule has 2 heterocycles. The SMILES string of the molecule is Clc1ncc(CSC2CCOCC2)s1. The molecule has 0 radical (unpaired) electrons. The van der Waals surface area contributed by atoms with E-state index in [0.717, 1.165) is 24.2 Å². The summed E-state index contributed by atoms with van der Waals surface area (Å²) in [6.45, 7) is 1.84. The van der Waals surface area contributed by atoms with Crippen LogP contribution in [0.3, 0.4) is 0 Å². The summed E-state index contributed by atoms with van der Waals surface area (Å²) >= 11 is 9.33. The highest BCUT2D eigenvalue weighted by molar-refractivity contribution is 7.99. The lowest BCUT2D eigenvalue weighted by Gasteiger charge is -2.20. The second-order valence-electron chi connectivity index (χ2n) is 3.20. The van der Waals surface area contributed by atoms with E-state index in [1.807, 2.05) is 18.0 Å². The predicted molar refractivity (Wildman–Crippen MR) is 62.3 cm³/mol. The minimum absolute atomic E-state index is 0.646. The summed E-state index contributed by atoms with van der Waals surface area (Å²) in [5, 5.41) is 0.754. The van der Waals surface area contributed by atoms with E-state index in [2.05, 4.69) is 4.98 Å². The normalized spacial score (nSPS) is 18.6. The van der Waals surface area contributed by atoms with Gasteiger partial charge in [0.25, 0.3) is 0 Å². The molecule has 1 saturated heterocycles. The quantitative estimate of drug-likeness (QED) is 0.821. The Hall–Kier alpha value is 0.230. The zero-order chi connectivity index (χ0) is 9.80. The second kappa shape index (κ2) is 5.35. The van der Waals surface area contributed by atoms with Crippen LogP contribution in [-0.4, -0.2) is 23.4 Å². The molecule has 0 saturated carbocycles. The maximum Gasteiger partial charge on any atom is 0.183 e. The summed E-state index contributed by atoms with van der Waals surface area (Å²) in [4.78, 5) is 5.30. The largest absolute Gasteiger partial charge is 0.381 e. The van der Waals surface area contributed by atoms with Crippen molar-refractivity contribution in [2.24, 2.45) is 0 Å². The molecule has 1 aliphatic rings. The number of thiazole rings is 1. The van der Waals surface area contributed by atoms with Gasteiger partial charge in [0, 0.05) is 35.3 Å². The minimum atomic E-state index is 0.646. The summed E-state index contributed by atoms with van der Waals surface area (Å²) in [7, 11) is 0. The van der Waals surface area contributed by atoms with E-state index in [9.17, 15) is 0 Å². The second-order valence-corrected chi connectivity index (χ2v) is 6.19. The van der Waals surface area contributed by atoms with E-state index < -0.39 is 0 Å². The average molecular weight is 250 g/mol. The van der Waals surface area contributed by atoms with Gasteiger partial charge in [-0.1, -0.05) is 11.6 Å². The van der Waals surface area contributed by atoms with Crippen molar-refractivity contribution in [2.45, 2.75) is 23.8 Å². The number of rotatable bonds is 3. The fourth-order valence-corrected chi connectivity index (χ4v) is 3.61. The Bertz CT molecular complexity index is 286. The number of hydrogen-bond donors (Lipinski definition) is 0. The van der Waals surface area contributed by atoms with E-state index in [-0.39, 0.29) is 0 Å². The van der Waals surface area contributed by atoms with Crippen LogP contribution < -0.4 is 0 Å². The molecule has 0 spiro atoms. The van der Waals surface area contributed by atoms with E-state index in [1.54, 1.807) is 11.3 Å². The minimum Gasteiger partial charge on any atom is -0.381 e. The number of hydrogen-bond acceptors (Lipinski definition) is 4. The zero-order valence-electron chi connectivity index (χ0n) is 7.74. The molecule has 1 aromatic rings. The molecule has 14 heavy (non-hydrogen) atoms. The van der Waals surface area contributed by atoms with Gasteiger partial charge in [0.2, 0.25) is 0 Å². The van der Waals surface area contributed by atoms with Crippen LogP contribution in [0.4, 0.5) is 0 Å². The lowest BCUT2D eigenvalue weighted by molar-refractivity contribution is 0.1000.